The lowest BCUT2D eigenvalue weighted by Gasteiger charge is -2.00. The van der Waals surface area contributed by atoms with Crippen LogP contribution >= 0.6 is 23.2 Å². The predicted octanol–water partition coefficient (Wildman–Crippen LogP) is 8.26. The van der Waals surface area contributed by atoms with Crippen LogP contribution in [0.15, 0.2) is 12.2 Å². The van der Waals surface area contributed by atoms with Crippen LogP contribution in [-0.2, 0) is 0 Å². The number of alkyl halides is 2. The summed E-state index contributed by atoms with van der Waals surface area (Å²) < 4.78 is 0. The van der Waals surface area contributed by atoms with E-state index in [1.54, 1.807) is 0 Å². The number of hydrogen-bond acceptors (Lipinski definition) is 0. The van der Waals surface area contributed by atoms with Crippen molar-refractivity contribution in [3.8, 4) is 0 Å². The highest BCUT2D eigenvalue weighted by atomic mass is 35.5. The largest absolute Gasteiger partial charge is 0.127 e. The van der Waals surface area contributed by atoms with E-state index in [9.17, 15) is 0 Å². The smallest absolute Gasteiger partial charge is 0.0223 e. The van der Waals surface area contributed by atoms with E-state index in [2.05, 4.69) is 12.2 Å². The summed E-state index contributed by atoms with van der Waals surface area (Å²) in [6, 6.07) is 0. The highest BCUT2D eigenvalue weighted by molar-refractivity contribution is 6.18. The maximum Gasteiger partial charge on any atom is 0.0223 e. The molecule has 0 saturated heterocycles. The van der Waals surface area contributed by atoms with E-state index >= 15 is 0 Å². The van der Waals surface area contributed by atoms with Gasteiger partial charge >= 0.3 is 0 Å². The van der Waals surface area contributed by atoms with Gasteiger partial charge in [-0.2, -0.15) is 0 Å². The molecule has 0 aromatic rings. The summed E-state index contributed by atoms with van der Waals surface area (Å²) in [5.74, 6) is 1.66. The van der Waals surface area contributed by atoms with Crippen LogP contribution in [-0.4, -0.2) is 11.8 Å². The number of halogens is 2. The third-order valence-corrected chi connectivity index (χ3v) is 4.71. The van der Waals surface area contributed by atoms with Crippen molar-refractivity contribution in [3.63, 3.8) is 0 Å². The molecule has 0 atom stereocenters. The van der Waals surface area contributed by atoms with Crippen molar-refractivity contribution in [2.24, 2.45) is 0 Å². The van der Waals surface area contributed by atoms with Crippen LogP contribution < -0.4 is 0 Å². The third-order valence-electron chi connectivity index (χ3n) is 4.18. The molecule has 0 spiro atoms. The lowest BCUT2D eigenvalue weighted by atomic mass is 10.1. The van der Waals surface area contributed by atoms with Crippen LogP contribution in [0, 0.1) is 0 Å². The standard InChI is InChI=1S/C20H38Cl2/c21-19-17-15-13-11-9-7-5-3-1-2-4-6-8-10-12-14-16-18-20-22/h1-2H,3-20H2. The monoisotopic (exact) mass is 348 g/mol. The Morgan fingerprint density at radius 1 is 0.364 bits per heavy atom. The predicted molar refractivity (Wildman–Crippen MR) is 104 cm³/mol. The Balaban J connectivity index is 3.03. The van der Waals surface area contributed by atoms with Crippen molar-refractivity contribution in [1.29, 1.82) is 0 Å². The van der Waals surface area contributed by atoms with E-state index in [0.717, 1.165) is 11.8 Å². The second kappa shape index (κ2) is 21.3. The SMILES string of the molecule is ClCCCCCCCCCC=CCCCCCCCCCCl. The van der Waals surface area contributed by atoms with Gasteiger partial charge in [0.05, 0.1) is 0 Å². The van der Waals surface area contributed by atoms with Crippen molar-refractivity contribution in [1.82, 2.24) is 0 Å². The van der Waals surface area contributed by atoms with Gasteiger partial charge in [-0.05, 0) is 38.5 Å². The van der Waals surface area contributed by atoms with Crippen molar-refractivity contribution in [2.45, 2.75) is 103 Å². The first kappa shape index (κ1) is 22.3. The molecule has 0 amide bonds. The van der Waals surface area contributed by atoms with Crippen molar-refractivity contribution >= 4 is 23.2 Å². The van der Waals surface area contributed by atoms with Gasteiger partial charge in [0.2, 0.25) is 0 Å². The summed E-state index contributed by atoms with van der Waals surface area (Å²) in [6.45, 7) is 0. The summed E-state index contributed by atoms with van der Waals surface area (Å²) in [5.41, 5.74) is 0. The molecular weight excluding hydrogens is 311 g/mol. The topological polar surface area (TPSA) is 0 Å². The first-order valence-electron chi connectivity index (χ1n) is 9.68. The van der Waals surface area contributed by atoms with Gasteiger partial charge in [-0.15, -0.1) is 23.2 Å². The zero-order chi connectivity index (χ0) is 16.1. The van der Waals surface area contributed by atoms with Crippen LogP contribution in [0.5, 0.6) is 0 Å². The fraction of sp³-hybridized carbons (Fsp3) is 0.900. The lowest BCUT2D eigenvalue weighted by Crippen LogP contribution is -1.81. The Morgan fingerprint density at radius 2 is 0.636 bits per heavy atom. The van der Waals surface area contributed by atoms with Crippen LogP contribution in [0.4, 0.5) is 0 Å². The molecule has 132 valence electrons. The number of unbranched alkanes of at least 4 members (excludes halogenated alkanes) is 14. The number of rotatable bonds is 18. The van der Waals surface area contributed by atoms with Gasteiger partial charge < -0.3 is 0 Å². The molecule has 0 aromatic heterocycles. The summed E-state index contributed by atoms with van der Waals surface area (Å²) in [7, 11) is 0. The van der Waals surface area contributed by atoms with Gasteiger partial charge in [-0.1, -0.05) is 76.4 Å². The van der Waals surface area contributed by atoms with Gasteiger partial charge in [-0.25, -0.2) is 0 Å². The van der Waals surface area contributed by atoms with E-state index in [1.165, 1.54) is 103 Å². The normalized spacial score (nSPS) is 11.5. The van der Waals surface area contributed by atoms with Gasteiger partial charge in [0, 0.05) is 11.8 Å². The molecule has 0 nitrogen and oxygen atoms in total. The molecule has 0 aliphatic rings. The average Bonchev–Trinajstić information content (AvgIpc) is 2.54. The highest BCUT2D eigenvalue weighted by Gasteiger charge is 1.92. The molecule has 0 aromatic carbocycles. The van der Waals surface area contributed by atoms with Gasteiger partial charge in [-0.3, -0.25) is 0 Å². The molecule has 0 N–H and O–H groups in total. The second-order valence-corrected chi connectivity index (χ2v) is 7.13. The first-order chi connectivity index (χ1) is 10.9. The fourth-order valence-corrected chi connectivity index (χ4v) is 3.09. The number of hydrogen-bond donors (Lipinski definition) is 0. The molecule has 0 radical (unpaired) electrons. The Hall–Kier alpha value is 0.320. The molecule has 0 rings (SSSR count). The average molecular weight is 349 g/mol. The van der Waals surface area contributed by atoms with Crippen molar-refractivity contribution < 1.29 is 0 Å². The van der Waals surface area contributed by atoms with E-state index in [-0.39, 0.29) is 0 Å². The summed E-state index contributed by atoms with van der Waals surface area (Å²) in [6.07, 6.45) is 26.2. The Labute approximate surface area is 150 Å². The maximum absolute atomic E-state index is 5.67. The summed E-state index contributed by atoms with van der Waals surface area (Å²) in [5, 5.41) is 0. The molecule has 0 aliphatic carbocycles. The van der Waals surface area contributed by atoms with Crippen molar-refractivity contribution in [2.75, 3.05) is 11.8 Å². The minimum atomic E-state index is 0.832. The molecule has 0 heterocycles. The zero-order valence-corrected chi connectivity index (χ0v) is 16.2. The van der Waals surface area contributed by atoms with Crippen LogP contribution in [0.3, 0.4) is 0 Å². The number of allylic oxidation sites excluding steroid dienone is 2. The Morgan fingerprint density at radius 3 is 0.955 bits per heavy atom. The lowest BCUT2D eigenvalue weighted by molar-refractivity contribution is 0.589. The molecule has 2 heteroatoms. The van der Waals surface area contributed by atoms with E-state index < -0.39 is 0 Å². The molecule has 0 unspecified atom stereocenters. The van der Waals surface area contributed by atoms with Crippen LogP contribution in [0.2, 0.25) is 0 Å². The van der Waals surface area contributed by atoms with Gasteiger partial charge in [0.1, 0.15) is 0 Å². The molecule has 0 saturated carbocycles. The quantitative estimate of drug-likeness (QED) is 0.133. The second-order valence-electron chi connectivity index (χ2n) is 6.38. The third kappa shape index (κ3) is 20.3. The first-order valence-corrected chi connectivity index (χ1v) is 10.8. The molecule has 22 heavy (non-hydrogen) atoms. The van der Waals surface area contributed by atoms with E-state index in [4.69, 9.17) is 23.2 Å². The van der Waals surface area contributed by atoms with Gasteiger partial charge in [0.15, 0.2) is 0 Å². The van der Waals surface area contributed by atoms with Crippen LogP contribution in [0.25, 0.3) is 0 Å². The van der Waals surface area contributed by atoms with Gasteiger partial charge in [0.25, 0.3) is 0 Å². The molecule has 0 aliphatic heterocycles. The highest BCUT2D eigenvalue weighted by Crippen LogP contribution is 2.11. The van der Waals surface area contributed by atoms with Crippen LogP contribution in [0.1, 0.15) is 103 Å². The Bertz CT molecular complexity index is 192. The molecule has 0 bridgehead atoms. The summed E-state index contributed by atoms with van der Waals surface area (Å²) >= 11 is 11.3. The minimum absolute atomic E-state index is 0.832. The van der Waals surface area contributed by atoms with Crippen molar-refractivity contribution in [3.05, 3.63) is 12.2 Å². The molecule has 0 fully saturated rings. The Kier molecular flexibility index (Phi) is 21.6. The zero-order valence-electron chi connectivity index (χ0n) is 14.6. The van der Waals surface area contributed by atoms with E-state index in [1.807, 2.05) is 0 Å². The molecular formula is C20H38Cl2. The van der Waals surface area contributed by atoms with E-state index in [0.29, 0.717) is 0 Å². The maximum atomic E-state index is 5.67. The fourth-order valence-electron chi connectivity index (χ4n) is 2.72. The summed E-state index contributed by atoms with van der Waals surface area (Å²) in [4.78, 5) is 0. The minimum Gasteiger partial charge on any atom is -0.127 e.